The minimum atomic E-state index is -4.07. The Morgan fingerprint density at radius 3 is 2.16 bits per heavy atom. The van der Waals surface area contributed by atoms with Crippen molar-refractivity contribution in [2.24, 2.45) is 5.92 Å². The molecule has 1 saturated heterocycles. The molecule has 0 spiro atoms. The van der Waals surface area contributed by atoms with E-state index >= 15 is 0 Å². The fourth-order valence-corrected chi connectivity index (χ4v) is 2.95. The van der Waals surface area contributed by atoms with Crippen molar-refractivity contribution in [3.05, 3.63) is 5.82 Å². The van der Waals surface area contributed by atoms with Crippen molar-refractivity contribution in [3.63, 3.8) is 0 Å². The summed E-state index contributed by atoms with van der Waals surface area (Å²) >= 11 is 1.28. The number of hydrogen-bond donors (Lipinski definition) is 0. The largest absolute Gasteiger partial charge is 0.391 e. The molecular weight excluding hydrogens is 275 g/mol. The van der Waals surface area contributed by atoms with Gasteiger partial charge in [0.1, 0.15) is 5.82 Å². The molecule has 7 heteroatoms. The van der Waals surface area contributed by atoms with E-state index in [2.05, 4.69) is 9.36 Å². The van der Waals surface area contributed by atoms with Crippen LogP contribution in [0.25, 0.3) is 0 Å². The summed E-state index contributed by atoms with van der Waals surface area (Å²) in [6, 6.07) is 0. The maximum absolute atomic E-state index is 12.6. The predicted molar refractivity (Wildman–Crippen MR) is 69.6 cm³/mol. The lowest BCUT2D eigenvalue weighted by Gasteiger charge is -2.32. The molecule has 2 rings (SSSR count). The van der Waals surface area contributed by atoms with Crippen LogP contribution in [0.2, 0.25) is 0 Å². The quantitative estimate of drug-likeness (QED) is 0.792. The lowest BCUT2D eigenvalue weighted by molar-refractivity contribution is -0.179. The van der Waals surface area contributed by atoms with E-state index in [-0.39, 0.29) is 18.3 Å². The number of anilines is 1. The molecule has 2 heterocycles. The van der Waals surface area contributed by atoms with Crippen LogP contribution in [0.5, 0.6) is 0 Å². The zero-order valence-electron chi connectivity index (χ0n) is 11.3. The predicted octanol–water partition coefficient (Wildman–Crippen LogP) is 3.61. The molecule has 3 nitrogen and oxygen atoms in total. The highest BCUT2D eigenvalue weighted by molar-refractivity contribution is 7.09. The topological polar surface area (TPSA) is 29.0 Å². The van der Waals surface area contributed by atoms with Gasteiger partial charge in [-0.1, -0.05) is 20.8 Å². The van der Waals surface area contributed by atoms with Crippen LogP contribution >= 0.6 is 11.5 Å². The highest BCUT2D eigenvalue weighted by Gasteiger charge is 2.41. The van der Waals surface area contributed by atoms with Crippen LogP contribution < -0.4 is 4.90 Å². The van der Waals surface area contributed by atoms with Crippen molar-refractivity contribution in [1.82, 2.24) is 9.36 Å². The average molecular weight is 293 g/mol. The van der Waals surface area contributed by atoms with Gasteiger partial charge in [-0.15, -0.1) is 0 Å². The summed E-state index contributed by atoms with van der Waals surface area (Å²) in [5.74, 6) is -0.413. The maximum Gasteiger partial charge on any atom is 0.391 e. The van der Waals surface area contributed by atoms with Gasteiger partial charge in [-0.05, 0) is 12.8 Å². The zero-order valence-corrected chi connectivity index (χ0v) is 12.1. The summed E-state index contributed by atoms with van der Waals surface area (Å²) in [5.41, 5.74) is -0.126. The molecule has 0 aromatic carbocycles. The Morgan fingerprint density at radius 2 is 1.74 bits per heavy atom. The van der Waals surface area contributed by atoms with Crippen molar-refractivity contribution in [2.45, 2.75) is 45.2 Å². The van der Waals surface area contributed by atoms with E-state index in [9.17, 15) is 13.2 Å². The van der Waals surface area contributed by atoms with Gasteiger partial charge in [-0.25, -0.2) is 4.98 Å². The molecule has 0 amide bonds. The third kappa shape index (κ3) is 3.38. The van der Waals surface area contributed by atoms with Gasteiger partial charge in [0.2, 0.25) is 5.13 Å². The molecule has 0 atom stereocenters. The summed E-state index contributed by atoms with van der Waals surface area (Å²) in [5, 5.41) is 0.741. The second-order valence-corrected chi connectivity index (χ2v) is 6.68. The molecule has 108 valence electrons. The van der Waals surface area contributed by atoms with Gasteiger partial charge in [0.15, 0.2) is 0 Å². The van der Waals surface area contributed by atoms with Crippen molar-refractivity contribution in [3.8, 4) is 0 Å². The number of nitrogens with zero attached hydrogens (tertiary/aromatic N) is 3. The molecule has 1 aromatic rings. The highest BCUT2D eigenvalue weighted by atomic mass is 32.1. The second-order valence-electron chi connectivity index (χ2n) is 5.95. The lowest BCUT2D eigenvalue weighted by Crippen LogP contribution is -2.39. The van der Waals surface area contributed by atoms with E-state index in [0.717, 1.165) is 11.0 Å². The summed E-state index contributed by atoms with van der Waals surface area (Å²) in [6.07, 6.45) is -3.77. The van der Waals surface area contributed by atoms with Gasteiger partial charge < -0.3 is 4.90 Å². The molecule has 1 aliphatic heterocycles. The van der Waals surface area contributed by atoms with Crippen molar-refractivity contribution in [2.75, 3.05) is 18.0 Å². The number of hydrogen-bond acceptors (Lipinski definition) is 4. The number of halogens is 3. The minimum absolute atomic E-state index is 0.126. The molecule has 0 radical (unpaired) electrons. The number of aromatic nitrogens is 2. The zero-order chi connectivity index (χ0) is 14.3. The molecule has 19 heavy (non-hydrogen) atoms. The van der Waals surface area contributed by atoms with Gasteiger partial charge in [0.05, 0.1) is 5.92 Å². The third-order valence-electron chi connectivity index (χ3n) is 3.31. The molecule has 0 aliphatic carbocycles. The standard InChI is InChI=1S/C12H18F3N3S/c1-11(2,3)9-16-10(19-17-9)18-6-4-8(5-7-18)12(13,14)15/h8H,4-7H2,1-3H3. The van der Waals surface area contributed by atoms with Crippen LogP contribution in [-0.2, 0) is 5.41 Å². The Balaban J connectivity index is 2.00. The van der Waals surface area contributed by atoms with E-state index in [1.54, 1.807) is 0 Å². The fraction of sp³-hybridized carbons (Fsp3) is 0.833. The first-order valence-corrected chi connectivity index (χ1v) is 7.11. The monoisotopic (exact) mass is 293 g/mol. The second kappa shape index (κ2) is 4.92. The molecule has 0 saturated carbocycles. The lowest BCUT2D eigenvalue weighted by atomic mass is 9.96. The van der Waals surface area contributed by atoms with Gasteiger partial charge in [-0.3, -0.25) is 0 Å². The summed E-state index contributed by atoms with van der Waals surface area (Å²) < 4.78 is 42.1. The van der Waals surface area contributed by atoms with Gasteiger partial charge in [0.25, 0.3) is 0 Å². The minimum Gasteiger partial charge on any atom is -0.347 e. The Kier molecular flexibility index (Phi) is 3.77. The first kappa shape index (κ1) is 14.6. The molecule has 1 aromatic heterocycles. The van der Waals surface area contributed by atoms with Crippen molar-refractivity contribution < 1.29 is 13.2 Å². The van der Waals surface area contributed by atoms with Crippen molar-refractivity contribution in [1.29, 1.82) is 0 Å². The number of rotatable bonds is 1. The first-order valence-electron chi connectivity index (χ1n) is 6.34. The van der Waals surface area contributed by atoms with Gasteiger partial charge >= 0.3 is 6.18 Å². The Morgan fingerprint density at radius 1 is 1.16 bits per heavy atom. The summed E-state index contributed by atoms with van der Waals surface area (Å²) in [7, 11) is 0. The summed E-state index contributed by atoms with van der Waals surface area (Å²) in [4.78, 5) is 6.36. The van der Waals surface area contributed by atoms with E-state index in [1.165, 1.54) is 11.5 Å². The van der Waals surface area contributed by atoms with Gasteiger partial charge in [-0.2, -0.15) is 17.5 Å². The molecule has 0 bridgehead atoms. The summed E-state index contributed by atoms with van der Waals surface area (Å²) in [6.45, 7) is 6.88. The molecular formula is C12H18F3N3S. The highest BCUT2D eigenvalue weighted by Crippen LogP contribution is 2.36. The Hall–Kier alpha value is -0.850. The van der Waals surface area contributed by atoms with Crippen LogP contribution in [0.1, 0.15) is 39.4 Å². The molecule has 1 fully saturated rings. The number of alkyl halides is 3. The Labute approximate surface area is 115 Å². The van der Waals surface area contributed by atoms with Crippen LogP contribution in [-0.4, -0.2) is 28.6 Å². The number of piperidine rings is 1. The van der Waals surface area contributed by atoms with E-state index in [4.69, 9.17) is 0 Å². The van der Waals surface area contributed by atoms with Crippen LogP contribution in [0.3, 0.4) is 0 Å². The molecule has 0 unspecified atom stereocenters. The van der Waals surface area contributed by atoms with Gasteiger partial charge in [0, 0.05) is 30.0 Å². The molecule has 1 aliphatic rings. The smallest absolute Gasteiger partial charge is 0.347 e. The normalized spacial score (nSPS) is 18.9. The van der Waals surface area contributed by atoms with E-state index in [0.29, 0.717) is 13.1 Å². The fourth-order valence-electron chi connectivity index (χ4n) is 2.05. The van der Waals surface area contributed by atoms with Crippen molar-refractivity contribution >= 4 is 16.7 Å². The molecule has 0 N–H and O–H groups in total. The van der Waals surface area contributed by atoms with Crippen LogP contribution in [0, 0.1) is 5.92 Å². The Bertz CT molecular complexity index is 428. The van der Waals surface area contributed by atoms with E-state index in [1.807, 2.05) is 25.7 Å². The van der Waals surface area contributed by atoms with Crippen LogP contribution in [0.15, 0.2) is 0 Å². The third-order valence-corrected chi connectivity index (χ3v) is 4.09. The first-order chi connectivity index (χ1) is 8.68. The maximum atomic E-state index is 12.6. The SMILES string of the molecule is CC(C)(C)c1nsc(N2CCC(C(F)(F)F)CC2)n1. The average Bonchev–Trinajstić information content (AvgIpc) is 2.77. The van der Waals surface area contributed by atoms with Crippen LogP contribution in [0.4, 0.5) is 18.3 Å². The van der Waals surface area contributed by atoms with E-state index < -0.39 is 12.1 Å².